The molecule has 1 aromatic rings. The van der Waals surface area contributed by atoms with Crippen LogP contribution in [0.15, 0.2) is 12.1 Å². The van der Waals surface area contributed by atoms with E-state index < -0.39 is 0 Å². The normalized spacial score (nSPS) is 10.4. The smallest absolute Gasteiger partial charge is 0.142 e. The molecule has 0 unspecified atom stereocenters. The molecule has 0 spiro atoms. The van der Waals surface area contributed by atoms with E-state index in [4.69, 9.17) is 4.74 Å². The van der Waals surface area contributed by atoms with Crippen LogP contribution in [-0.4, -0.2) is 30.1 Å². The molecule has 0 radical (unpaired) electrons. The van der Waals surface area contributed by atoms with Crippen molar-refractivity contribution < 1.29 is 4.74 Å². The molecular weight excluding hydrogens is 220 g/mol. The zero-order valence-electron chi connectivity index (χ0n) is 10.2. The lowest BCUT2D eigenvalue weighted by Crippen LogP contribution is -2.11. The third-order valence-electron chi connectivity index (χ3n) is 2.11. The number of ether oxygens (including phenoxy) is 1. The summed E-state index contributed by atoms with van der Waals surface area (Å²) in [5, 5.41) is 3.11. The number of aryl methyl sites for hydroxylation is 1. The average molecular weight is 240 g/mol. The number of rotatable bonds is 7. The molecule has 1 rings (SSSR count). The molecule has 1 heterocycles. The van der Waals surface area contributed by atoms with Gasteiger partial charge in [-0.05, 0) is 31.9 Å². The van der Waals surface area contributed by atoms with Crippen molar-refractivity contribution in [1.29, 1.82) is 0 Å². The van der Waals surface area contributed by atoms with Gasteiger partial charge < -0.3 is 10.1 Å². The Morgan fingerprint density at radius 1 is 1.44 bits per heavy atom. The molecule has 0 saturated heterocycles. The molecule has 1 N–H and O–H groups in total. The van der Waals surface area contributed by atoms with Crippen LogP contribution in [0.25, 0.3) is 0 Å². The van der Waals surface area contributed by atoms with E-state index in [1.807, 2.05) is 37.9 Å². The van der Waals surface area contributed by atoms with Gasteiger partial charge >= 0.3 is 0 Å². The van der Waals surface area contributed by atoms with Crippen molar-refractivity contribution in [2.24, 2.45) is 0 Å². The SMILES string of the molecule is CCSCCOc1ccc(C)nc1CNC. The highest BCUT2D eigenvalue weighted by Gasteiger charge is 2.04. The number of aromatic nitrogens is 1. The number of nitrogens with zero attached hydrogens (tertiary/aromatic N) is 1. The lowest BCUT2D eigenvalue weighted by Gasteiger charge is -2.10. The summed E-state index contributed by atoms with van der Waals surface area (Å²) in [5.41, 5.74) is 2.02. The minimum Gasteiger partial charge on any atom is -0.491 e. The third kappa shape index (κ3) is 4.41. The summed E-state index contributed by atoms with van der Waals surface area (Å²) in [5.74, 6) is 3.07. The van der Waals surface area contributed by atoms with Gasteiger partial charge in [0.15, 0.2) is 0 Å². The number of thioether (sulfide) groups is 1. The molecule has 0 aromatic carbocycles. The molecule has 0 bridgehead atoms. The van der Waals surface area contributed by atoms with Gasteiger partial charge in [0.05, 0.1) is 12.3 Å². The Morgan fingerprint density at radius 2 is 2.25 bits per heavy atom. The minimum absolute atomic E-state index is 0.748. The van der Waals surface area contributed by atoms with Gasteiger partial charge in [0.25, 0.3) is 0 Å². The molecule has 3 nitrogen and oxygen atoms in total. The van der Waals surface area contributed by atoms with Crippen LogP contribution >= 0.6 is 11.8 Å². The summed E-state index contributed by atoms with van der Waals surface area (Å²) in [7, 11) is 1.92. The van der Waals surface area contributed by atoms with E-state index >= 15 is 0 Å². The Bertz CT molecular complexity index is 318. The van der Waals surface area contributed by atoms with E-state index in [0.29, 0.717) is 0 Å². The highest BCUT2D eigenvalue weighted by molar-refractivity contribution is 7.99. The summed E-state index contributed by atoms with van der Waals surface area (Å²) < 4.78 is 5.72. The molecule has 1 aromatic heterocycles. The van der Waals surface area contributed by atoms with E-state index in [9.17, 15) is 0 Å². The molecule has 0 amide bonds. The Hall–Kier alpha value is -0.740. The van der Waals surface area contributed by atoms with Crippen LogP contribution in [-0.2, 0) is 6.54 Å². The first kappa shape index (κ1) is 13.3. The van der Waals surface area contributed by atoms with Crippen LogP contribution in [0.2, 0.25) is 0 Å². The number of hydrogen-bond donors (Lipinski definition) is 1. The second-order valence-electron chi connectivity index (χ2n) is 3.47. The molecule has 0 aliphatic rings. The first-order valence-corrected chi connectivity index (χ1v) is 6.75. The highest BCUT2D eigenvalue weighted by atomic mass is 32.2. The van der Waals surface area contributed by atoms with E-state index in [0.717, 1.165) is 41.8 Å². The molecule has 0 saturated carbocycles. The summed E-state index contributed by atoms with van der Waals surface area (Å²) in [4.78, 5) is 4.47. The van der Waals surface area contributed by atoms with Crippen molar-refractivity contribution in [3.05, 3.63) is 23.5 Å². The van der Waals surface area contributed by atoms with Crippen LogP contribution in [0.4, 0.5) is 0 Å². The van der Waals surface area contributed by atoms with Gasteiger partial charge in [-0.2, -0.15) is 11.8 Å². The van der Waals surface area contributed by atoms with E-state index in [-0.39, 0.29) is 0 Å². The third-order valence-corrected chi connectivity index (χ3v) is 2.97. The lowest BCUT2D eigenvalue weighted by molar-refractivity contribution is 0.337. The fraction of sp³-hybridized carbons (Fsp3) is 0.583. The molecular formula is C12H20N2OS. The largest absolute Gasteiger partial charge is 0.491 e. The first-order chi connectivity index (χ1) is 7.77. The second kappa shape index (κ2) is 7.52. The van der Waals surface area contributed by atoms with Gasteiger partial charge in [-0.1, -0.05) is 6.92 Å². The van der Waals surface area contributed by atoms with Crippen LogP contribution in [0.1, 0.15) is 18.3 Å². The molecule has 0 aliphatic carbocycles. The van der Waals surface area contributed by atoms with Crippen LogP contribution < -0.4 is 10.1 Å². The summed E-state index contributed by atoms with van der Waals surface area (Å²) in [6, 6.07) is 3.99. The fourth-order valence-electron chi connectivity index (χ4n) is 1.38. The fourth-order valence-corrected chi connectivity index (χ4v) is 1.87. The molecule has 0 aliphatic heterocycles. The second-order valence-corrected chi connectivity index (χ2v) is 4.87. The van der Waals surface area contributed by atoms with Crippen LogP contribution in [0, 0.1) is 6.92 Å². The standard InChI is InChI=1S/C12H20N2OS/c1-4-16-8-7-15-12-6-5-10(2)14-11(12)9-13-3/h5-6,13H,4,7-9H2,1-3H3. The van der Waals surface area contributed by atoms with Crippen LogP contribution in [0.5, 0.6) is 5.75 Å². The predicted octanol–water partition coefficient (Wildman–Crippen LogP) is 2.24. The molecule has 16 heavy (non-hydrogen) atoms. The summed E-state index contributed by atoms with van der Waals surface area (Å²) in [6.07, 6.45) is 0. The van der Waals surface area contributed by atoms with E-state index in [1.165, 1.54) is 0 Å². The van der Waals surface area contributed by atoms with Gasteiger partial charge in [-0.25, -0.2) is 0 Å². The van der Waals surface area contributed by atoms with Gasteiger partial charge in [0.2, 0.25) is 0 Å². The van der Waals surface area contributed by atoms with Gasteiger partial charge in [0.1, 0.15) is 5.75 Å². The monoisotopic (exact) mass is 240 g/mol. The molecule has 0 fully saturated rings. The maximum absolute atomic E-state index is 5.72. The van der Waals surface area contributed by atoms with Crippen molar-refractivity contribution in [3.8, 4) is 5.75 Å². The molecule has 90 valence electrons. The van der Waals surface area contributed by atoms with Crippen molar-refractivity contribution in [2.75, 3.05) is 25.2 Å². The summed E-state index contributed by atoms with van der Waals surface area (Å²) in [6.45, 7) is 5.65. The minimum atomic E-state index is 0.748. The number of nitrogens with one attached hydrogen (secondary N) is 1. The summed E-state index contributed by atoms with van der Waals surface area (Å²) >= 11 is 1.89. The van der Waals surface area contributed by atoms with E-state index in [1.54, 1.807) is 0 Å². The number of hydrogen-bond acceptors (Lipinski definition) is 4. The maximum atomic E-state index is 5.72. The molecule has 0 atom stereocenters. The Morgan fingerprint density at radius 3 is 2.94 bits per heavy atom. The highest BCUT2D eigenvalue weighted by Crippen LogP contribution is 2.17. The van der Waals surface area contributed by atoms with Gasteiger partial charge in [-0.15, -0.1) is 0 Å². The Balaban J connectivity index is 2.56. The molecule has 4 heteroatoms. The van der Waals surface area contributed by atoms with Crippen molar-refractivity contribution in [2.45, 2.75) is 20.4 Å². The van der Waals surface area contributed by atoms with Crippen molar-refractivity contribution in [1.82, 2.24) is 10.3 Å². The van der Waals surface area contributed by atoms with Gasteiger partial charge in [-0.3, -0.25) is 4.98 Å². The van der Waals surface area contributed by atoms with Crippen LogP contribution in [0.3, 0.4) is 0 Å². The lowest BCUT2D eigenvalue weighted by atomic mass is 10.3. The quantitative estimate of drug-likeness (QED) is 0.741. The zero-order valence-corrected chi connectivity index (χ0v) is 11.1. The topological polar surface area (TPSA) is 34.1 Å². The first-order valence-electron chi connectivity index (χ1n) is 5.59. The Kier molecular flexibility index (Phi) is 6.26. The van der Waals surface area contributed by atoms with Crippen molar-refractivity contribution in [3.63, 3.8) is 0 Å². The zero-order chi connectivity index (χ0) is 11.8. The van der Waals surface area contributed by atoms with Crippen molar-refractivity contribution >= 4 is 11.8 Å². The number of pyridine rings is 1. The average Bonchev–Trinajstić information content (AvgIpc) is 2.27. The van der Waals surface area contributed by atoms with E-state index in [2.05, 4.69) is 17.2 Å². The van der Waals surface area contributed by atoms with Gasteiger partial charge in [0, 0.05) is 18.0 Å². The predicted molar refractivity (Wildman–Crippen MR) is 70.2 cm³/mol. The Labute approximate surface area is 102 Å². The maximum Gasteiger partial charge on any atom is 0.142 e.